The molecule has 0 aromatic heterocycles. The fourth-order valence-electron chi connectivity index (χ4n) is 0.701. The van der Waals surface area contributed by atoms with E-state index in [4.69, 9.17) is 9.47 Å². The van der Waals surface area contributed by atoms with Crippen LogP contribution < -0.4 is 0 Å². The number of hydrogen-bond donors (Lipinski definition) is 0. The van der Waals surface area contributed by atoms with Gasteiger partial charge in [-0.05, 0) is 6.08 Å². The molecule has 0 N–H and O–H groups in total. The van der Waals surface area contributed by atoms with E-state index >= 15 is 0 Å². The molecule has 0 aliphatic rings. The topological polar surface area (TPSA) is 52.6 Å². The number of rotatable bonds is 5. The molecular formula is C10H16O4. The predicted molar refractivity (Wildman–Crippen MR) is 51.4 cm³/mol. The Labute approximate surface area is 83.9 Å². The Balaban J connectivity index is 4.39. The molecule has 0 heterocycles. The molecule has 80 valence electrons. The quantitative estimate of drug-likeness (QED) is 0.385. The summed E-state index contributed by atoms with van der Waals surface area (Å²) in [6.07, 6.45) is 1.74. The lowest BCUT2D eigenvalue weighted by Crippen LogP contribution is -2.34. The molecule has 0 aromatic carbocycles. The molecule has 0 aliphatic heterocycles. The van der Waals surface area contributed by atoms with E-state index < -0.39 is 17.7 Å². The lowest BCUT2D eigenvalue weighted by atomic mass is 10.3. The smallest absolute Gasteiger partial charge is 0.309 e. The van der Waals surface area contributed by atoms with Crippen LogP contribution in [-0.2, 0) is 19.1 Å². The first kappa shape index (κ1) is 12.7. The zero-order chi connectivity index (χ0) is 11.2. The minimum absolute atomic E-state index is 0.229. The van der Waals surface area contributed by atoms with Crippen LogP contribution in [0.15, 0.2) is 12.7 Å². The standard InChI is InChI=1S/C10H16O4/c1-5-8(11)13-10(4,7-3)14-9(12)6-2/h7H,3,5-6H2,1-2,4H3. The first-order valence-corrected chi connectivity index (χ1v) is 4.54. The molecule has 4 nitrogen and oxygen atoms in total. The van der Waals surface area contributed by atoms with Gasteiger partial charge in [0.25, 0.3) is 5.79 Å². The second kappa shape index (κ2) is 5.42. The van der Waals surface area contributed by atoms with Crippen LogP contribution >= 0.6 is 0 Å². The molecule has 0 bridgehead atoms. The van der Waals surface area contributed by atoms with E-state index in [0.717, 1.165) is 0 Å². The summed E-state index contributed by atoms with van der Waals surface area (Å²) in [5.74, 6) is -2.21. The van der Waals surface area contributed by atoms with Crippen LogP contribution in [0.4, 0.5) is 0 Å². The maximum absolute atomic E-state index is 11.0. The maximum Gasteiger partial charge on any atom is 0.309 e. The van der Waals surface area contributed by atoms with Gasteiger partial charge in [0.1, 0.15) is 0 Å². The molecule has 0 spiro atoms. The van der Waals surface area contributed by atoms with Gasteiger partial charge in [-0.15, -0.1) is 0 Å². The van der Waals surface area contributed by atoms with Gasteiger partial charge in [0.2, 0.25) is 0 Å². The molecule has 0 saturated carbocycles. The first-order chi connectivity index (χ1) is 6.47. The van der Waals surface area contributed by atoms with Crippen molar-refractivity contribution in [3.8, 4) is 0 Å². The Morgan fingerprint density at radius 2 is 1.57 bits per heavy atom. The van der Waals surface area contributed by atoms with Crippen molar-refractivity contribution >= 4 is 11.9 Å². The molecule has 0 unspecified atom stereocenters. The van der Waals surface area contributed by atoms with Crippen molar-refractivity contribution < 1.29 is 19.1 Å². The third-order valence-corrected chi connectivity index (χ3v) is 1.58. The van der Waals surface area contributed by atoms with Crippen LogP contribution in [0, 0.1) is 0 Å². The third kappa shape index (κ3) is 4.07. The molecule has 0 aromatic rings. The van der Waals surface area contributed by atoms with Crippen molar-refractivity contribution in [2.24, 2.45) is 0 Å². The zero-order valence-corrected chi connectivity index (χ0v) is 8.83. The molecule has 0 saturated heterocycles. The largest absolute Gasteiger partial charge is 0.419 e. The third-order valence-electron chi connectivity index (χ3n) is 1.58. The lowest BCUT2D eigenvalue weighted by molar-refractivity contribution is -0.206. The molecule has 0 radical (unpaired) electrons. The molecule has 0 aliphatic carbocycles. The van der Waals surface area contributed by atoms with Gasteiger partial charge in [-0.3, -0.25) is 9.59 Å². The lowest BCUT2D eigenvalue weighted by Gasteiger charge is -2.25. The summed E-state index contributed by atoms with van der Waals surface area (Å²) in [5, 5.41) is 0. The van der Waals surface area contributed by atoms with Gasteiger partial charge < -0.3 is 9.47 Å². The van der Waals surface area contributed by atoms with Crippen molar-refractivity contribution in [2.75, 3.05) is 0 Å². The normalized spacial score (nSPS) is 10.5. The second-order valence-electron chi connectivity index (χ2n) is 2.88. The average Bonchev–Trinajstić information content (AvgIpc) is 2.17. The highest BCUT2D eigenvalue weighted by Gasteiger charge is 2.28. The van der Waals surface area contributed by atoms with Gasteiger partial charge in [-0.1, -0.05) is 20.4 Å². The first-order valence-electron chi connectivity index (χ1n) is 4.54. The van der Waals surface area contributed by atoms with Crippen molar-refractivity contribution in [1.82, 2.24) is 0 Å². The van der Waals surface area contributed by atoms with Gasteiger partial charge >= 0.3 is 11.9 Å². The Morgan fingerprint density at radius 3 is 1.79 bits per heavy atom. The number of ether oxygens (including phenoxy) is 2. The maximum atomic E-state index is 11.0. The summed E-state index contributed by atoms with van der Waals surface area (Å²) in [7, 11) is 0. The fraction of sp³-hybridized carbons (Fsp3) is 0.600. The Bertz CT molecular complexity index is 214. The number of hydrogen-bond acceptors (Lipinski definition) is 4. The van der Waals surface area contributed by atoms with Crippen molar-refractivity contribution in [3.63, 3.8) is 0 Å². The van der Waals surface area contributed by atoms with E-state index in [1.807, 2.05) is 0 Å². The summed E-state index contributed by atoms with van der Waals surface area (Å²) in [4.78, 5) is 22.0. The van der Waals surface area contributed by atoms with E-state index in [1.54, 1.807) is 13.8 Å². The fourth-order valence-corrected chi connectivity index (χ4v) is 0.701. The van der Waals surface area contributed by atoms with Crippen LogP contribution in [0.1, 0.15) is 33.6 Å². The minimum atomic E-state index is -1.35. The van der Waals surface area contributed by atoms with Crippen molar-refractivity contribution in [3.05, 3.63) is 12.7 Å². The van der Waals surface area contributed by atoms with E-state index in [-0.39, 0.29) is 12.8 Å². The molecule has 4 heteroatoms. The van der Waals surface area contributed by atoms with Gasteiger partial charge in [-0.2, -0.15) is 0 Å². The van der Waals surface area contributed by atoms with Crippen LogP contribution in [0.3, 0.4) is 0 Å². The van der Waals surface area contributed by atoms with Gasteiger partial charge in [0.05, 0.1) is 0 Å². The SMILES string of the molecule is C=CC(C)(OC(=O)CC)OC(=O)CC. The van der Waals surface area contributed by atoms with Gasteiger partial charge in [-0.25, -0.2) is 0 Å². The average molecular weight is 200 g/mol. The summed E-state index contributed by atoms with van der Waals surface area (Å²) in [6, 6.07) is 0. The molecule has 0 atom stereocenters. The van der Waals surface area contributed by atoms with E-state index in [9.17, 15) is 9.59 Å². The second-order valence-corrected chi connectivity index (χ2v) is 2.88. The number of carbonyl (C=O) groups is 2. The number of carbonyl (C=O) groups excluding carboxylic acids is 2. The van der Waals surface area contributed by atoms with Gasteiger partial charge in [0, 0.05) is 19.8 Å². The summed E-state index contributed by atoms with van der Waals surface area (Å²) < 4.78 is 9.82. The molecule has 0 amide bonds. The highest BCUT2D eigenvalue weighted by molar-refractivity contribution is 5.71. The minimum Gasteiger partial charge on any atom is -0.419 e. The van der Waals surface area contributed by atoms with E-state index in [0.29, 0.717) is 0 Å². The molecule has 0 fully saturated rings. The van der Waals surface area contributed by atoms with E-state index in [1.165, 1.54) is 13.0 Å². The van der Waals surface area contributed by atoms with Crippen LogP contribution in [0.2, 0.25) is 0 Å². The Kier molecular flexibility index (Phi) is 4.91. The highest BCUT2D eigenvalue weighted by Crippen LogP contribution is 2.15. The Hall–Kier alpha value is -1.32. The highest BCUT2D eigenvalue weighted by atomic mass is 16.7. The summed E-state index contributed by atoms with van der Waals surface area (Å²) in [6.45, 7) is 8.25. The molecular weight excluding hydrogens is 184 g/mol. The summed E-state index contributed by atoms with van der Waals surface area (Å²) >= 11 is 0. The number of esters is 2. The van der Waals surface area contributed by atoms with Crippen LogP contribution in [-0.4, -0.2) is 17.7 Å². The van der Waals surface area contributed by atoms with Crippen LogP contribution in [0.25, 0.3) is 0 Å². The molecule has 14 heavy (non-hydrogen) atoms. The monoisotopic (exact) mass is 200 g/mol. The van der Waals surface area contributed by atoms with Crippen LogP contribution in [0.5, 0.6) is 0 Å². The van der Waals surface area contributed by atoms with E-state index in [2.05, 4.69) is 6.58 Å². The van der Waals surface area contributed by atoms with Gasteiger partial charge in [0.15, 0.2) is 0 Å². The van der Waals surface area contributed by atoms with Crippen molar-refractivity contribution in [2.45, 2.75) is 39.4 Å². The van der Waals surface area contributed by atoms with Crippen molar-refractivity contribution in [1.29, 1.82) is 0 Å². The summed E-state index contributed by atoms with van der Waals surface area (Å²) in [5.41, 5.74) is 0. The predicted octanol–water partition coefficient (Wildman–Crippen LogP) is 1.79. The Morgan fingerprint density at radius 1 is 1.21 bits per heavy atom. The molecule has 0 rings (SSSR count). The zero-order valence-electron chi connectivity index (χ0n) is 8.83.